The molecule has 59 heavy (non-hydrogen) atoms. The summed E-state index contributed by atoms with van der Waals surface area (Å²) in [6.07, 6.45) is 9.18. The molecule has 0 bridgehead atoms. The molecule has 0 radical (unpaired) electrons. The second-order valence-corrected chi connectivity index (χ2v) is 16.6. The molecule has 9 aromatic rings. The summed E-state index contributed by atoms with van der Waals surface area (Å²) in [5.74, 6) is 1.81. The van der Waals surface area contributed by atoms with Crippen LogP contribution < -0.4 is 4.90 Å². The topological polar surface area (TPSA) is 34.0 Å². The van der Waals surface area contributed by atoms with E-state index in [4.69, 9.17) is 9.97 Å². The second-order valence-electron chi connectivity index (χ2n) is 16.6. The van der Waals surface area contributed by atoms with Crippen LogP contribution >= 0.6 is 0 Å². The van der Waals surface area contributed by atoms with Gasteiger partial charge in [-0.15, -0.1) is 0 Å². The number of fused-ring (bicyclic) bond motifs is 9. The molecule has 0 spiro atoms. The number of aromatic nitrogens is 3. The van der Waals surface area contributed by atoms with Gasteiger partial charge in [0.15, 0.2) is 5.82 Å². The zero-order chi connectivity index (χ0) is 39.2. The Morgan fingerprint density at radius 2 is 1.20 bits per heavy atom. The third-order valence-electron chi connectivity index (χ3n) is 12.9. The van der Waals surface area contributed by atoms with Gasteiger partial charge in [0.2, 0.25) is 0 Å². The molecule has 280 valence electrons. The van der Waals surface area contributed by atoms with Gasteiger partial charge in [-0.05, 0) is 81.4 Å². The van der Waals surface area contributed by atoms with E-state index in [1.807, 2.05) is 24.3 Å². The number of benzene rings is 7. The van der Waals surface area contributed by atoms with Crippen LogP contribution in [0.5, 0.6) is 0 Å². The van der Waals surface area contributed by atoms with E-state index in [1.165, 1.54) is 61.1 Å². The molecule has 4 nitrogen and oxygen atoms in total. The van der Waals surface area contributed by atoms with Gasteiger partial charge in [-0.25, -0.2) is 9.97 Å². The van der Waals surface area contributed by atoms with Crippen molar-refractivity contribution in [2.24, 2.45) is 0 Å². The van der Waals surface area contributed by atoms with Crippen molar-refractivity contribution in [1.29, 1.82) is 0 Å². The second kappa shape index (κ2) is 12.9. The summed E-state index contributed by atoms with van der Waals surface area (Å²) in [5, 5.41) is 2.39. The highest BCUT2D eigenvalue weighted by molar-refractivity contribution is 6.10. The lowest BCUT2D eigenvalue weighted by Gasteiger charge is -2.30. The van der Waals surface area contributed by atoms with Gasteiger partial charge in [0.25, 0.3) is 0 Å². The first-order valence-corrected chi connectivity index (χ1v) is 20.6. The van der Waals surface area contributed by atoms with Gasteiger partial charge in [0, 0.05) is 50.7 Å². The highest BCUT2D eigenvalue weighted by atomic mass is 15.2. The summed E-state index contributed by atoms with van der Waals surface area (Å²) < 4.78 is 2.30. The van der Waals surface area contributed by atoms with E-state index in [-0.39, 0.29) is 17.4 Å². The molecule has 3 heterocycles. The maximum atomic E-state index is 5.23. The van der Waals surface area contributed by atoms with Gasteiger partial charge in [-0.1, -0.05) is 159 Å². The van der Waals surface area contributed by atoms with Crippen LogP contribution in [0.4, 0.5) is 11.4 Å². The molecule has 2 unspecified atom stereocenters. The maximum absolute atomic E-state index is 5.23. The van der Waals surface area contributed by atoms with Gasteiger partial charge < -0.3 is 4.90 Å². The van der Waals surface area contributed by atoms with Crippen LogP contribution in [-0.2, 0) is 5.41 Å². The zero-order valence-electron chi connectivity index (χ0n) is 32.9. The van der Waals surface area contributed by atoms with E-state index in [1.54, 1.807) is 0 Å². The number of hydrogen-bond donors (Lipinski definition) is 0. The first kappa shape index (κ1) is 33.8. The number of nitrogens with zero attached hydrogens (tertiary/aromatic N) is 4. The molecule has 12 rings (SSSR count). The molecule has 0 saturated heterocycles. The Morgan fingerprint density at radius 1 is 0.508 bits per heavy atom. The molecule has 1 aliphatic heterocycles. The fourth-order valence-corrected chi connectivity index (χ4v) is 10.1. The van der Waals surface area contributed by atoms with Crippen LogP contribution in [0.25, 0.3) is 72.5 Å². The normalized spacial score (nSPS) is 16.9. The zero-order valence-corrected chi connectivity index (χ0v) is 32.9. The molecule has 2 aromatic heterocycles. The molecule has 4 heteroatoms. The average Bonchev–Trinajstić information content (AvgIpc) is 3.89. The number of allylic oxidation sites excluding steroid dienone is 2. The maximum Gasteiger partial charge on any atom is 0.162 e. The van der Waals surface area contributed by atoms with Gasteiger partial charge in [0.05, 0.1) is 22.8 Å². The van der Waals surface area contributed by atoms with E-state index < -0.39 is 0 Å². The SMILES string of the molecule is CC1(C)c2ccccc2-c2ccc(N3c4ccc(-c5ccc6c(c5)c5ccccc5n6-c5cc(-c6ccccc6)nc(-c6ccccc6)n5)cc4C4C=CC=CC43)cc21. The van der Waals surface area contributed by atoms with Gasteiger partial charge >= 0.3 is 0 Å². The average molecular weight is 757 g/mol. The molecular formula is C55H40N4. The number of anilines is 2. The van der Waals surface area contributed by atoms with Crippen molar-refractivity contribution < 1.29 is 0 Å². The molecule has 0 amide bonds. The monoisotopic (exact) mass is 756 g/mol. The molecule has 7 aromatic carbocycles. The van der Waals surface area contributed by atoms with Gasteiger partial charge in [-0.3, -0.25) is 4.57 Å². The highest BCUT2D eigenvalue weighted by Crippen LogP contribution is 2.53. The quantitative estimate of drug-likeness (QED) is 0.175. The number of rotatable bonds is 5. The van der Waals surface area contributed by atoms with Crippen LogP contribution in [0.1, 0.15) is 36.5 Å². The van der Waals surface area contributed by atoms with Gasteiger partial charge in [0.1, 0.15) is 5.82 Å². The van der Waals surface area contributed by atoms with E-state index in [0.717, 1.165) is 33.7 Å². The Morgan fingerprint density at radius 3 is 2.07 bits per heavy atom. The molecule has 0 saturated carbocycles. The molecule has 0 fully saturated rings. The third kappa shape index (κ3) is 5.16. The van der Waals surface area contributed by atoms with Crippen LogP contribution in [0, 0.1) is 0 Å². The van der Waals surface area contributed by atoms with Crippen molar-refractivity contribution in [2.45, 2.75) is 31.2 Å². The van der Waals surface area contributed by atoms with Crippen molar-refractivity contribution >= 4 is 33.2 Å². The molecular weight excluding hydrogens is 717 g/mol. The molecule has 2 atom stereocenters. The highest BCUT2D eigenvalue weighted by Gasteiger charge is 2.40. The predicted molar refractivity (Wildman–Crippen MR) is 244 cm³/mol. The Labute approximate surface area is 344 Å². The lowest BCUT2D eigenvalue weighted by Crippen LogP contribution is -2.28. The van der Waals surface area contributed by atoms with Crippen molar-refractivity contribution in [1.82, 2.24) is 14.5 Å². The summed E-state index contributed by atoms with van der Waals surface area (Å²) in [6.45, 7) is 4.73. The lowest BCUT2D eigenvalue weighted by molar-refractivity contribution is 0.659. The molecule has 3 aliphatic rings. The summed E-state index contributed by atoms with van der Waals surface area (Å²) in [7, 11) is 0. The smallest absolute Gasteiger partial charge is 0.162 e. The van der Waals surface area contributed by atoms with E-state index >= 15 is 0 Å². The lowest BCUT2D eigenvalue weighted by atomic mass is 9.82. The van der Waals surface area contributed by atoms with Crippen LogP contribution in [0.2, 0.25) is 0 Å². The number of hydrogen-bond acceptors (Lipinski definition) is 3. The van der Waals surface area contributed by atoms with Crippen LogP contribution in [-0.4, -0.2) is 20.6 Å². The first-order chi connectivity index (χ1) is 29.0. The van der Waals surface area contributed by atoms with E-state index in [2.05, 4.69) is 193 Å². The van der Waals surface area contributed by atoms with Crippen LogP contribution in [0.3, 0.4) is 0 Å². The van der Waals surface area contributed by atoms with E-state index in [9.17, 15) is 0 Å². The third-order valence-corrected chi connectivity index (χ3v) is 12.9. The van der Waals surface area contributed by atoms with Crippen LogP contribution in [0.15, 0.2) is 194 Å². The fourth-order valence-electron chi connectivity index (χ4n) is 10.1. The molecule has 2 aliphatic carbocycles. The van der Waals surface area contributed by atoms with Crippen molar-refractivity contribution in [3.63, 3.8) is 0 Å². The largest absolute Gasteiger partial charge is 0.333 e. The Bertz CT molecular complexity index is 3150. The van der Waals surface area contributed by atoms with Crippen molar-refractivity contribution in [3.05, 3.63) is 211 Å². The first-order valence-electron chi connectivity index (χ1n) is 20.6. The Kier molecular flexibility index (Phi) is 7.37. The minimum atomic E-state index is -0.0559. The molecule has 0 N–H and O–H groups in total. The summed E-state index contributed by atoms with van der Waals surface area (Å²) in [6, 6.07) is 61.7. The number of para-hydroxylation sites is 1. The Balaban J connectivity index is 0.976. The Hall–Kier alpha value is -7.30. The van der Waals surface area contributed by atoms with Gasteiger partial charge in [-0.2, -0.15) is 0 Å². The standard InChI is InChI=1S/C55H40N4/c1-55(2)46-22-12-9-19-40(46)41-28-27-39(33-47(41)55)58-49-23-13-10-20-42(49)44-31-37(25-29-51(44)58)38-26-30-52-45(32-38)43-21-11-14-24-50(43)59(52)53-34-48(35-15-5-3-6-16-35)56-54(57-53)36-17-7-4-8-18-36/h3-34,42,49H,1-2H3. The summed E-state index contributed by atoms with van der Waals surface area (Å²) >= 11 is 0. The summed E-state index contributed by atoms with van der Waals surface area (Å²) in [4.78, 5) is 12.9. The van der Waals surface area contributed by atoms with Crippen molar-refractivity contribution in [2.75, 3.05) is 4.90 Å². The minimum Gasteiger partial charge on any atom is -0.333 e. The van der Waals surface area contributed by atoms with Crippen molar-refractivity contribution in [3.8, 4) is 50.7 Å². The predicted octanol–water partition coefficient (Wildman–Crippen LogP) is 13.6. The fraction of sp³-hybridized carbons (Fsp3) is 0.0909. The summed E-state index contributed by atoms with van der Waals surface area (Å²) in [5.41, 5.74) is 16.9. The van der Waals surface area contributed by atoms with E-state index in [0.29, 0.717) is 5.82 Å². The minimum absolute atomic E-state index is 0.0559.